The standard InChI is InChI=1S/C17H34N2/c1-15(2)18-13-17(10-5-4-6-11-17)14-19(3)12-16-8-7-9-16/h15-16,18H,4-14H2,1-3H3. The summed E-state index contributed by atoms with van der Waals surface area (Å²) in [6.07, 6.45) is 11.6. The summed E-state index contributed by atoms with van der Waals surface area (Å²) in [7, 11) is 2.35. The normalized spacial score (nSPS) is 23.8. The summed E-state index contributed by atoms with van der Waals surface area (Å²) in [5, 5.41) is 3.72. The first-order valence-corrected chi connectivity index (χ1v) is 8.52. The monoisotopic (exact) mass is 266 g/mol. The van der Waals surface area contributed by atoms with E-state index in [0.717, 1.165) is 5.92 Å². The van der Waals surface area contributed by atoms with Gasteiger partial charge >= 0.3 is 0 Å². The van der Waals surface area contributed by atoms with E-state index in [0.29, 0.717) is 11.5 Å². The lowest BCUT2D eigenvalue weighted by atomic mass is 9.73. The molecule has 2 saturated carbocycles. The Balaban J connectivity index is 1.84. The summed E-state index contributed by atoms with van der Waals surface area (Å²) in [6, 6.07) is 0.621. The Bertz CT molecular complexity index is 252. The lowest BCUT2D eigenvalue weighted by Gasteiger charge is -2.42. The summed E-state index contributed by atoms with van der Waals surface area (Å²) in [5.74, 6) is 1.00. The zero-order chi connectivity index (χ0) is 13.7. The first-order chi connectivity index (χ1) is 9.10. The van der Waals surface area contributed by atoms with E-state index in [2.05, 4.69) is 31.1 Å². The fourth-order valence-electron chi connectivity index (χ4n) is 3.87. The second-order valence-corrected chi connectivity index (χ2v) is 7.59. The van der Waals surface area contributed by atoms with Crippen molar-refractivity contribution in [2.75, 3.05) is 26.7 Å². The van der Waals surface area contributed by atoms with E-state index in [1.54, 1.807) is 0 Å². The molecule has 0 amide bonds. The van der Waals surface area contributed by atoms with Crippen molar-refractivity contribution in [1.82, 2.24) is 10.2 Å². The van der Waals surface area contributed by atoms with Crippen LogP contribution in [0.5, 0.6) is 0 Å². The van der Waals surface area contributed by atoms with Crippen LogP contribution in [0.4, 0.5) is 0 Å². The fourth-order valence-corrected chi connectivity index (χ4v) is 3.87. The summed E-state index contributed by atoms with van der Waals surface area (Å²) >= 11 is 0. The molecule has 0 spiro atoms. The molecule has 0 aromatic carbocycles. The first kappa shape index (κ1) is 15.3. The van der Waals surface area contributed by atoms with E-state index < -0.39 is 0 Å². The molecule has 2 heteroatoms. The maximum Gasteiger partial charge on any atom is 0.00472 e. The van der Waals surface area contributed by atoms with Crippen molar-refractivity contribution in [3.63, 3.8) is 0 Å². The van der Waals surface area contributed by atoms with Crippen LogP contribution in [0.3, 0.4) is 0 Å². The second-order valence-electron chi connectivity index (χ2n) is 7.59. The molecule has 0 saturated heterocycles. The molecular weight excluding hydrogens is 232 g/mol. The van der Waals surface area contributed by atoms with Gasteiger partial charge in [-0.1, -0.05) is 39.5 Å². The summed E-state index contributed by atoms with van der Waals surface area (Å²) in [4.78, 5) is 2.64. The van der Waals surface area contributed by atoms with Crippen molar-refractivity contribution in [1.29, 1.82) is 0 Å². The van der Waals surface area contributed by atoms with Crippen molar-refractivity contribution in [2.24, 2.45) is 11.3 Å². The maximum absolute atomic E-state index is 3.72. The molecule has 2 aliphatic rings. The Labute approximate surface area is 120 Å². The number of hydrogen-bond donors (Lipinski definition) is 1. The van der Waals surface area contributed by atoms with Gasteiger partial charge in [-0.2, -0.15) is 0 Å². The average Bonchev–Trinajstić information content (AvgIpc) is 2.33. The Hall–Kier alpha value is -0.0800. The number of rotatable bonds is 7. The Kier molecular flexibility index (Phi) is 5.70. The third kappa shape index (κ3) is 4.75. The van der Waals surface area contributed by atoms with Crippen LogP contribution in [0.1, 0.15) is 65.2 Å². The average molecular weight is 266 g/mol. The van der Waals surface area contributed by atoms with Crippen LogP contribution in [0, 0.1) is 11.3 Å². The molecule has 0 aromatic rings. The highest BCUT2D eigenvalue weighted by Gasteiger charge is 2.33. The van der Waals surface area contributed by atoms with Crippen LogP contribution in [-0.4, -0.2) is 37.6 Å². The molecule has 0 radical (unpaired) electrons. The molecule has 19 heavy (non-hydrogen) atoms. The first-order valence-electron chi connectivity index (χ1n) is 8.52. The highest BCUT2D eigenvalue weighted by atomic mass is 15.1. The van der Waals surface area contributed by atoms with Crippen molar-refractivity contribution in [3.05, 3.63) is 0 Å². The Morgan fingerprint density at radius 1 is 1.11 bits per heavy atom. The minimum absolute atomic E-state index is 0.557. The van der Waals surface area contributed by atoms with Gasteiger partial charge in [-0.15, -0.1) is 0 Å². The zero-order valence-electron chi connectivity index (χ0n) is 13.4. The number of nitrogens with zero attached hydrogens (tertiary/aromatic N) is 1. The molecule has 0 atom stereocenters. The van der Waals surface area contributed by atoms with Gasteiger partial charge in [0.15, 0.2) is 0 Å². The van der Waals surface area contributed by atoms with Gasteiger partial charge in [0, 0.05) is 25.7 Å². The van der Waals surface area contributed by atoms with Crippen molar-refractivity contribution >= 4 is 0 Å². The molecule has 2 aliphatic carbocycles. The van der Waals surface area contributed by atoms with Crippen LogP contribution >= 0.6 is 0 Å². The number of hydrogen-bond acceptors (Lipinski definition) is 2. The van der Waals surface area contributed by atoms with Gasteiger partial charge in [-0.3, -0.25) is 0 Å². The minimum Gasteiger partial charge on any atom is -0.314 e. The van der Waals surface area contributed by atoms with E-state index in [-0.39, 0.29) is 0 Å². The third-order valence-corrected chi connectivity index (χ3v) is 5.20. The molecule has 0 unspecified atom stereocenters. The fraction of sp³-hybridized carbons (Fsp3) is 1.00. The molecule has 0 heterocycles. The van der Waals surface area contributed by atoms with Gasteiger partial charge in [-0.05, 0) is 44.1 Å². The van der Waals surface area contributed by atoms with Gasteiger partial charge in [0.25, 0.3) is 0 Å². The Morgan fingerprint density at radius 3 is 2.32 bits per heavy atom. The lowest BCUT2D eigenvalue weighted by molar-refractivity contribution is 0.0944. The minimum atomic E-state index is 0.557. The van der Waals surface area contributed by atoms with E-state index in [9.17, 15) is 0 Å². The van der Waals surface area contributed by atoms with Gasteiger partial charge in [0.1, 0.15) is 0 Å². The molecule has 2 nitrogen and oxygen atoms in total. The Morgan fingerprint density at radius 2 is 1.79 bits per heavy atom. The van der Waals surface area contributed by atoms with Crippen LogP contribution < -0.4 is 5.32 Å². The second kappa shape index (κ2) is 7.08. The van der Waals surface area contributed by atoms with Crippen molar-refractivity contribution in [2.45, 2.75) is 71.3 Å². The van der Waals surface area contributed by atoms with Crippen molar-refractivity contribution in [3.8, 4) is 0 Å². The van der Waals surface area contributed by atoms with Crippen LogP contribution in [0.2, 0.25) is 0 Å². The van der Waals surface area contributed by atoms with Gasteiger partial charge in [-0.25, -0.2) is 0 Å². The van der Waals surface area contributed by atoms with E-state index in [4.69, 9.17) is 0 Å². The van der Waals surface area contributed by atoms with E-state index >= 15 is 0 Å². The smallest absolute Gasteiger partial charge is 0.00472 e. The largest absolute Gasteiger partial charge is 0.314 e. The molecule has 2 rings (SSSR count). The summed E-state index contributed by atoms with van der Waals surface area (Å²) in [5.41, 5.74) is 0.557. The summed E-state index contributed by atoms with van der Waals surface area (Å²) < 4.78 is 0. The predicted octanol–water partition coefficient (Wildman–Crippen LogP) is 3.67. The van der Waals surface area contributed by atoms with Gasteiger partial charge in [0.05, 0.1) is 0 Å². The van der Waals surface area contributed by atoms with Gasteiger partial charge in [0.2, 0.25) is 0 Å². The molecule has 0 bridgehead atoms. The predicted molar refractivity (Wildman–Crippen MR) is 83.5 cm³/mol. The third-order valence-electron chi connectivity index (χ3n) is 5.20. The lowest BCUT2D eigenvalue weighted by Crippen LogP contribution is -2.47. The highest BCUT2D eigenvalue weighted by molar-refractivity contribution is 4.88. The van der Waals surface area contributed by atoms with E-state index in [1.165, 1.54) is 71.0 Å². The molecular formula is C17H34N2. The van der Waals surface area contributed by atoms with Gasteiger partial charge < -0.3 is 10.2 Å². The quantitative estimate of drug-likeness (QED) is 0.756. The topological polar surface area (TPSA) is 15.3 Å². The molecule has 0 aliphatic heterocycles. The molecule has 2 fully saturated rings. The maximum atomic E-state index is 3.72. The van der Waals surface area contributed by atoms with Crippen LogP contribution in [-0.2, 0) is 0 Å². The number of nitrogens with one attached hydrogen (secondary N) is 1. The molecule has 112 valence electrons. The van der Waals surface area contributed by atoms with E-state index in [1.807, 2.05) is 0 Å². The SMILES string of the molecule is CC(C)NCC1(CN(C)CC2CCC2)CCCCC1. The van der Waals surface area contributed by atoms with Crippen molar-refractivity contribution < 1.29 is 0 Å². The highest BCUT2D eigenvalue weighted by Crippen LogP contribution is 2.37. The zero-order valence-corrected chi connectivity index (χ0v) is 13.4. The van der Waals surface area contributed by atoms with Crippen LogP contribution in [0.15, 0.2) is 0 Å². The molecule has 0 aromatic heterocycles. The summed E-state index contributed by atoms with van der Waals surface area (Å²) in [6.45, 7) is 8.41. The molecule has 1 N–H and O–H groups in total. The van der Waals surface area contributed by atoms with Crippen LogP contribution in [0.25, 0.3) is 0 Å².